The van der Waals surface area contributed by atoms with Crippen LogP contribution in [0.2, 0.25) is 0 Å². The number of nitrogens with zero attached hydrogens (tertiary/aromatic N) is 3. The largest absolute Gasteiger partial charge is 0.322 e. The summed E-state index contributed by atoms with van der Waals surface area (Å²) in [6, 6.07) is 4.39. The van der Waals surface area contributed by atoms with Crippen molar-refractivity contribution in [3.8, 4) is 0 Å². The summed E-state index contributed by atoms with van der Waals surface area (Å²) in [4.78, 5) is 27.0. The van der Waals surface area contributed by atoms with E-state index in [0.717, 1.165) is 24.2 Å². The second kappa shape index (κ2) is 10.3. The van der Waals surface area contributed by atoms with Crippen LogP contribution in [-0.4, -0.2) is 39.7 Å². The third-order valence-electron chi connectivity index (χ3n) is 4.95. The first-order valence-corrected chi connectivity index (χ1v) is 11.1. The number of aromatic nitrogens is 2. The number of hydrogen-bond donors (Lipinski definition) is 2. The van der Waals surface area contributed by atoms with Crippen LogP contribution in [0.3, 0.4) is 0 Å². The van der Waals surface area contributed by atoms with Crippen LogP contribution >= 0.6 is 0 Å². The zero-order valence-electron chi connectivity index (χ0n) is 20.6. The molecule has 1 heterocycles. The summed E-state index contributed by atoms with van der Waals surface area (Å²) in [5, 5.41) is 10.1. The first-order chi connectivity index (χ1) is 15.2. The predicted octanol–water partition coefficient (Wildman–Crippen LogP) is 5.49. The fraction of sp³-hybridized carbons (Fsp3) is 0.542. The lowest BCUT2D eigenvalue weighted by atomic mass is 9.92. The van der Waals surface area contributed by atoms with Gasteiger partial charge in [-0.3, -0.25) is 4.79 Å². The summed E-state index contributed by atoms with van der Waals surface area (Å²) in [5.74, 6) is -1.89. The Morgan fingerprint density at radius 2 is 1.70 bits per heavy atom. The summed E-state index contributed by atoms with van der Waals surface area (Å²) in [6.07, 6.45) is 1.51. The van der Waals surface area contributed by atoms with Crippen molar-refractivity contribution in [1.82, 2.24) is 14.7 Å². The molecule has 0 bridgehead atoms. The number of unbranched alkanes of at least 4 members (excludes halogenated alkanes) is 1. The molecule has 182 valence electrons. The Morgan fingerprint density at radius 1 is 1.03 bits per heavy atom. The van der Waals surface area contributed by atoms with Gasteiger partial charge in [-0.2, -0.15) is 5.10 Å². The van der Waals surface area contributed by atoms with Gasteiger partial charge in [0.05, 0.1) is 11.2 Å². The zero-order chi connectivity index (χ0) is 25.0. The van der Waals surface area contributed by atoms with E-state index in [1.165, 1.54) is 11.0 Å². The lowest BCUT2D eigenvalue weighted by molar-refractivity contribution is -0.116. The maximum atomic E-state index is 13.5. The number of anilines is 2. The third kappa shape index (κ3) is 7.27. The van der Waals surface area contributed by atoms with E-state index in [2.05, 4.69) is 15.7 Å². The van der Waals surface area contributed by atoms with Crippen LogP contribution in [0.4, 0.5) is 25.1 Å². The van der Waals surface area contributed by atoms with E-state index in [4.69, 9.17) is 0 Å². The average molecular weight is 464 g/mol. The fourth-order valence-corrected chi connectivity index (χ4v) is 3.08. The molecule has 0 fully saturated rings. The number of urea groups is 1. The van der Waals surface area contributed by atoms with Crippen LogP contribution in [0, 0.1) is 11.6 Å². The minimum absolute atomic E-state index is 0.112. The van der Waals surface area contributed by atoms with E-state index in [-0.39, 0.29) is 29.1 Å². The molecule has 0 saturated carbocycles. The van der Waals surface area contributed by atoms with Crippen molar-refractivity contribution >= 4 is 23.4 Å². The first-order valence-electron chi connectivity index (χ1n) is 11.1. The average Bonchev–Trinajstić information content (AvgIpc) is 3.12. The van der Waals surface area contributed by atoms with Crippen molar-refractivity contribution in [3.63, 3.8) is 0 Å². The maximum Gasteiger partial charge on any atom is 0.322 e. The highest BCUT2D eigenvalue weighted by Crippen LogP contribution is 2.28. The standard InChI is InChI=1S/C24H35F2N5O2/c1-8-9-12-30(22(33)27-16-10-11-17(25)18(26)13-16)15-21(32)28-20-14-19(23(2,3)4)29-31(20)24(5,6)7/h10-11,13-14H,8-9,12,15H2,1-7H3,(H,27,33)(H,28,32). The first kappa shape index (κ1) is 26.3. The molecule has 0 aliphatic rings. The van der Waals surface area contributed by atoms with Gasteiger partial charge in [-0.15, -0.1) is 0 Å². The van der Waals surface area contributed by atoms with Gasteiger partial charge in [-0.1, -0.05) is 34.1 Å². The molecule has 2 rings (SSSR count). The number of benzene rings is 1. The van der Waals surface area contributed by atoms with Gasteiger partial charge in [-0.25, -0.2) is 18.3 Å². The van der Waals surface area contributed by atoms with E-state index in [9.17, 15) is 18.4 Å². The molecular formula is C24H35F2N5O2. The molecule has 2 N–H and O–H groups in total. The molecule has 0 atom stereocenters. The fourth-order valence-electron chi connectivity index (χ4n) is 3.08. The molecule has 0 unspecified atom stereocenters. The van der Waals surface area contributed by atoms with E-state index < -0.39 is 17.7 Å². The Kier molecular flexibility index (Phi) is 8.21. The minimum atomic E-state index is -1.06. The van der Waals surface area contributed by atoms with Gasteiger partial charge >= 0.3 is 6.03 Å². The van der Waals surface area contributed by atoms with Crippen LogP contribution in [0.5, 0.6) is 0 Å². The molecule has 9 heteroatoms. The molecule has 1 aromatic carbocycles. The van der Waals surface area contributed by atoms with Crippen LogP contribution < -0.4 is 10.6 Å². The monoisotopic (exact) mass is 463 g/mol. The smallest absolute Gasteiger partial charge is 0.315 e. The Bertz CT molecular complexity index is 990. The summed E-state index contributed by atoms with van der Waals surface area (Å²) in [6.45, 7) is 14.2. The van der Waals surface area contributed by atoms with E-state index >= 15 is 0 Å². The van der Waals surface area contributed by atoms with Gasteiger partial charge in [0.2, 0.25) is 5.91 Å². The van der Waals surface area contributed by atoms with Crippen LogP contribution in [0.1, 0.15) is 67.0 Å². The number of hydrogen-bond acceptors (Lipinski definition) is 3. The maximum absolute atomic E-state index is 13.5. The van der Waals surface area contributed by atoms with E-state index in [0.29, 0.717) is 18.8 Å². The second-order valence-electron chi connectivity index (χ2n) is 10.1. The molecule has 1 aromatic heterocycles. The van der Waals surface area contributed by atoms with Gasteiger partial charge in [0.15, 0.2) is 11.6 Å². The molecule has 0 spiro atoms. The van der Waals surface area contributed by atoms with Crippen molar-refractivity contribution in [2.45, 2.75) is 72.3 Å². The second-order valence-corrected chi connectivity index (χ2v) is 10.1. The normalized spacial score (nSPS) is 11.9. The molecular weight excluding hydrogens is 428 g/mol. The molecule has 7 nitrogen and oxygen atoms in total. The molecule has 2 aromatic rings. The van der Waals surface area contributed by atoms with Gasteiger partial charge in [0.25, 0.3) is 0 Å². The number of rotatable bonds is 7. The van der Waals surface area contributed by atoms with Crippen molar-refractivity contribution in [3.05, 3.63) is 41.6 Å². The molecule has 33 heavy (non-hydrogen) atoms. The lowest BCUT2D eigenvalue weighted by Gasteiger charge is -2.25. The number of halogens is 2. The Hall–Kier alpha value is -2.97. The van der Waals surface area contributed by atoms with Crippen molar-refractivity contribution < 1.29 is 18.4 Å². The van der Waals surface area contributed by atoms with Gasteiger partial charge in [0, 0.05) is 29.8 Å². The number of nitrogens with one attached hydrogen (secondary N) is 2. The predicted molar refractivity (Wildman–Crippen MR) is 126 cm³/mol. The number of carbonyl (C=O) groups is 2. The van der Waals surface area contributed by atoms with Gasteiger partial charge in [-0.05, 0) is 39.3 Å². The quantitative estimate of drug-likeness (QED) is 0.570. The molecule has 0 aliphatic carbocycles. The van der Waals surface area contributed by atoms with Crippen molar-refractivity contribution in [1.29, 1.82) is 0 Å². The Balaban J connectivity index is 2.19. The number of carbonyl (C=O) groups excluding carboxylic acids is 2. The SMILES string of the molecule is CCCCN(CC(=O)Nc1cc(C(C)(C)C)nn1C(C)(C)C)C(=O)Nc1ccc(F)c(F)c1. The summed E-state index contributed by atoms with van der Waals surface area (Å²) < 4.78 is 28.4. The van der Waals surface area contributed by atoms with E-state index in [1.54, 1.807) is 4.68 Å². The molecule has 3 amide bonds. The third-order valence-corrected chi connectivity index (χ3v) is 4.95. The summed E-state index contributed by atoms with van der Waals surface area (Å²) in [5.41, 5.74) is 0.388. The van der Waals surface area contributed by atoms with Crippen molar-refractivity contribution in [2.75, 3.05) is 23.7 Å². The molecule has 0 radical (unpaired) electrons. The number of amides is 3. The summed E-state index contributed by atoms with van der Waals surface area (Å²) in [7, 11) is 0. The zero-order valence-corrected chi connectivity index (χ0v) is 20.6. The highest BCUT2D eigenvalue weighted by molar-refractivity contribution is 5.96. The molecule has 0 saturated heterocycles. The molecule has 0 aliphatic heterocycles. The lowest BCUT2D eigenvalue weighted by Crippen LogP contribution is -2.41. The Morgan fingerprint density at radius 3 is 2.24 bits per heavy atom. The van der Waals surface area contributed by atoms with Crippen LogP contribution in [-0.2, 0) is 15.7 Å². The highest BCUT2D eigenvalue weighted by atomic mass is 19.2. The van der Waals surface area contributed by atoms with Gasteiger partial charge in [0.1, 0.15) is 12.4 Å². The highest BCUT2D eigenvalue weighted by Gasteiger charge is 2.26. The topological polar surface area (TPSA) is 79.3 Å². The van der Waals surface area contributed by atoms with Gasteiger partial charge < -0.3 is 15.5 Å². The van der Waals surface area contributed by atoms with E-state index in [1.807, 2.05) is 54.5 Å². The summed E-state index contributed by atoms with van der Waals surface area (Å²) >= 11 is 0. The Labute approximate surface area is 194 Å². The minimum Gasteiger partial charge on any atom is -0.315 e. The van der Waals surface area contributed by atoms with Crippen molar-refractivity contribution in [2.24, 2.45) is 0 Å². The van der Waals surface area contributed by atoms with Crippen LogP contribution in [0.25, 0.3) is 0 Å². The van der Waals surface area contributed by atoms with Crippen LogP contribution in [0.15, 0.2) is 24.3 Å².